The van der Waals surface area contributed by atoms with Crippen LogP contribution in [0.4, 0.5) is 0 Å². The monoisotopic (exact) mass is 419 g/mol. The summed E-state index contributed by atoms with van der Waals surface area (Å²) in [5, 5.41) is 10.3. The number of thiophene rings is 1. The van der Waals surface area contributed by atoms with Crippen LogP contribution in [0.2, 0.25) is 0 Å². The topological polar surface area (TPSA) is 63.8 Å². The first-order valence-corrected chi connectivity index (χ1v) is 10.7. The highest BCUT2D eigenvalue weighted by Gasteiger charge is 2.24. The summed E-state index contributed by atoms with van der Waals surface area (Å²) in [5.74, 6) is 0. The Labute approximate surface area is 181 Å². The summed E-state index contributed by atoms with van der Waals surface area (Å²) in [7, 11) is 0. The molecule has 0 saturated carbocycles. The molecule has 2 aromatic heterocycles. The molecule has 0 aliphatic carbocycles. The molecule has 6 rings (SSSR count). The zero-order chi connectivity index (χ0) is 20.9. The Balaban J connectivity index is 1.82. The van der Waals surface area contributed by atoms with E-state index >= 15 is 0 Å². The molecule has 0 radical (unpaired) electrons. The largest absolute Gasteiger partial charge is 0.548 e. The Morgan fingerprint density at radius 2 is 1.45 bits per heavy atom. The van der Waals surface area contributed by atoms with Crippen molar-refractivity contribution >= 4 is 65.8 Å². The lowest BCUT2D eigenvalue weighted by Gasteiger charge is -2.07. The highest BCUT2D eigenvalue weighted by atomic mass is 32.1. The lowest BCUT2D eigenvalue weighted by molar-refractivity contribution is 1.18. The summed E-state index contributed by atoms with van der Waals surface area (Å²) >= 11 is 1.76. The first-order chi connectivity index (χ1) is 15.3. The van der Waals surface area contributed by atoms with Gasteiger partial charge in [0, 0.05) is 36.6 Å². The summed E-state index contributed by atoms with van der Waals surface area (Å²) in [4.78, 5) is 22.3. The van der Waals surface area contributed by atoms with E-state index in [4.69, 9.17) is 0 Å². The van der Waals surface area contributed by atoms with Gasteiger partial charge >= 0.3 is 6.98 Å². The van der Waals surface area contributed by atoms with Gasteiger partial charge in [0.25, 0.3) is 0 Å². The molecule has 0 atom stereocenters. The maximum Gasteiger partial charge on any atom is 0.548 e. The third-order valence-electron chi connectivity index (χ3n) is 5.81. The minimum atomic E-state index is -1.25. The molecule has 0 bridgehead atoms. The number of benzene rings is 4. The van der Waals surface area contributed by atoms with Gasteiger partial charge in [-0.3, -0.25) is 0 Å². The number of hydrogen-bond acceptors (Lipinski definition) is 5. The highest BCUT2D eigenvalue weighted by Crippen LogP contribution is 2.42. The molecule has 0 aliphatic rings. The van der Waals surface area contributed by atoms with Crippen LogP contribution in [0.3, 0.4) is 0 Å². The predicted molar refractivity (Wildman–Crippen MR) is 131 cm³/mol. The van der Waals surface area contributed by atoms with Gasteiger partial charge in [-0.2, -0.15) is 9.81 Å². The van der Waals surface area contributed by atoms with E-state index in [0.717, 1.165) is 27.5 Å². The lowest BCUT2D eigenvalue weighted by Crippen LogP contribution is -2.25. The van der Waals surface area contributed by atoms with Gasteiger partial charge in [-0.25, -0.2) is 0 Å². The fourth-order valence-electron chi connectivity index (χ4n) is 4.46. The van der Waals surface area contributed by atoms with Crippen LogP contribution in [0, 0.1) is 9.81 Å². The average Bonchev–Trinajstić information content (AvgIpc) is 3.35. The van der Waals surface area contributed by atoms with Gasteiger partial charge in [0.15, 0.2) is 0 Å². The van der Waals surface area contributed by atoms with E-state index in [2.05, 4.69) is 63.3 Å². The minimum Gasteiger partial charge on any atom is -0.309 e. The molecule has 6 aromatic rings. The fraction of sp³-hybridized carbons (Fsp3) is 0. The predicted octanol–water partition coefficient (Wildman–Crippen LogP) is 6.38. The number of hydrogen-bond donors (Lipinski definition) is 0. The van der Waals surface area contributed by atoms with Gasteiger partial charge in [0.2, 0.25) is 0 Å². The standard InChI is InChI=1S/C24H14BN3O2S/c29-26-25(27-30)15-10-12-20-19(14-15)23-21(28(20)16-6-2-1-3-7-16)13-11-18-17-8-4-5-9-22(17)31-24(18)23/h1-14H. The maximum atomic E-state index is 11.1. The van der Waals surface area contributed by atoms with Crippen LogP contribution >= 0.6 is 11.3 Å². The maximum absolute atomic E-state index is 11.1. The molecule has 2 heterocycles. The molecule has 0 unspecified atom stereocenters. The zero-order valence-corrected chi connectivity index (χ0v) is 17.0. The molecule has 31 heavy (non-hydrogen) atoms. The van der Waals surface area contributed by atoms with E-state index in [1.165, 1.54) is 20.2 Å². The second kappa shape index (κ2) is 6.85. The van der Waals surface area contributed by atoms with Gasteiger partial charge < -0.3 is 4.57 Å². The molecule has 7 heteroatoms. The average molecular weight is 419 g/mol. The summed E-state index contributed by atoms with van der Waals surface area (Å²) in [6.07, 6.45) is 0. The van der Waals surface area contributed by atoms with Crippen LogP contribution in [0.25, 0.3) is 47.7 Å². The molecule has 0 spiro atoms. The van der Waals surface area contributed by atoms with E-state index in [1.54, 1.807) is 17.4 Å². The van der Waals surface area contributed by atoms with Gasteiger partial charge in [0.05, 0.1) is 11.0 Å². The molecule has 0 N–H and O–H groups in total. The van der Waals surface area contributed by atoms with Gasteiger partial charge in [0.1, 0.15) is 0 Å². The minimum absolute atomic E-state index is 0.503. The smallest absolute Gasteiger partial charge is 0.309 e. The zero-order valence-electron chi connectivity index (χ0n) is 16.2. The molecule has 146 valence electrons. The Bertz CT molecular complexity index is 1630. The van der Waals surface area contributed by atoms with Crippen LogP contribution in [-0.4, -0.2) is 11.5 Å². The molecule has 0 amide bonds. The number of aromatic nitrogens is 1. The van der Waals surface area contributed by atoms with Gasteiger partial charge in [-0.15, -0.1) is 11.3 Å². The van der Waals surface area contributed by atoms with Crippen LogP contribution in [0.5, 0.6) is 0 Å². The van der Waals surface area contributed by atoms with Crippen LogP contribution < -0.4 is 5.46 Å². The number of fused-ring (bicyclic) bond motifs is 7. The summed E-state index contributed by atoms with van der Waals surface area (Å²) in [6, 6.07) is 28.5. The Hall–Kier alpha value is -3.84. The van der Waals surface area contributed by atoms with E-state index < -0.39 is 6.98 Å². The highest BCUT2D eigenvalue weighted by molar-refractivity contribution is 7.26. The molecule has 0 saturated heterocycles. The molecule has 5 nitrogen and oxygen atoms in total. The van der Waals surface area contributed by atoms with Crippen molar-refractivity contribution < 1.29 is 0 Å². The van der Waals surface area contributed by atoms with E-state index in [-0.39, 0.29) is 0 Å². The number of nitroso groups, excluding NO2 is 2. The number of para-hydroxylation sites is 1. The van der Waals surface area contributed by atoms with Crippen molar-refractivity contribution in [2.75, 3.05) is 0 Å². The Morgan fingerprint density at radius 1 is 0.710 bits per heavy atom. The van der Waals surface area contributed by atoms with Crippen molar-refractivity contribution in [2.24, 2.45) is 10.2 Å². The van der Waals surface area contributed by atoms with E-state index in [9.17, 15) is 9.81 Å². The lowest BCUT2D eigenvalue weighted by atomic mass is 9.71. The van der Waals surface area contributed by atoms with Crippen molar-refractivity contribution in [3.8, 4) is 5.69 Å². The summed E-state index contributed by atoms with van der Waals surface area (Å²) < 4.78 is 4.63. The molecule has 0 fully saturated rings. The van der Waals surface area contributed by atoms with E-state index in [1.807, 2.05) is 30.3 Å². The second-order valence-electron chi connectivity index (χ2n) is 7.47. The van der Waals surface area contributed by atoms with Crippen molar-refractivity contribution in [3.63, 3.8) is 0 Å². The molecule has 4 aromatic carbocycles. The van der Waals surface area contributed by atoms with Crippen LogP contribution in [-0.2, 0) is 0 Å². The van der Waals surface area contributed by atoms with Crippen LogP contribution in [0.15, 0.2) is 95.1 Å². The SMILES string of the molecule is O=NB(N=O)c1ccc2c(c1)c1c3sc4ccccc4c3ccc1n2-c1ccccc1. The normalized spacial score (nSPS) is 11.5. The van der Waals surface area contributed by atoms with Crippen molar-refractivity contribution in [3.05, 3.63) is 94.7 Å². The fourth-order valence-corrected chi connectivity index (χ4v) is 5.72. The summed E-state index contributed by atoms with van der Waals surface area (Å²) in [6.45, 7) is -1.25. The van der Waals surface area contributed by atoms with Crippen molar-refractivity contribution in [1.82, 2.24) is 4.57 Å². The first kappa shape index (κ1) is 18.0. The van der Waals surface area contributed by atoms with Crippen molar-refractivity contribution in [2.45, 2.75) is 0 Å². The molecule has 0 aliphatic heterocycles. The van der Waals surface area contributed by atoms with Crippen LogP contribution in [0.1, 0.15) is 0 Å². The quantitative estimate of drug-likeness (QED) is 0.246. The van der Waals surface area contributed by atoms with Crippen molar-refractivity contribution in [1.29, 1.82) is 0 Å². The van der Waals surface area contributed by atoms with Gasteiger partial charge in [-0.1, -0.05) is 64.8 Å². The Morgan fingerprint density at radius 3 is 2.26 bits per heavy atom. The Kier molecular flexibility index (Phi) is 3.97. The third-order valence-corrected chi connectivity index (χ3v) is 7.01. The van der Waals surface area contributed by atoms with Gasteiger partial charge in [-0.05, 0) is 35.8 Å². The summed E-state index contributed by atoms with van der Waals surface area (Å²) in [5.41, 5.74) is 3.63. The second-order valence-corrected chi connectivity index (χ2v) is 8.52. The van der Waals surface area contributed by atoms with E-state index in [0.29, 0.717) is 5.46 Å². The first-order valence-electron chi connectivity index (χ1n) is 9.89. The number of nitrogens with zero attached hydrogens (tertiary/aromatic N) is 3. The third kappa shape index (κ3) is 2.57. The number of rotatable bonds is 4. The molecular weight excluding hydrogens is 405 g/mol. The molecular formula is C24H14BN3O2S.